The second-order valence-corrected chi connectivity index (χ2v) is 20.3. The minimum absolute atomic E-state index is 0.0460. The number of phenolic OH excluding ortho intramolecular Hbond substituents is 1. The molecule has 63 heavy (non-hydrogen) atoms. The van der Waals surface area contributed by atoms with E-state index in [1.165, 1.54) is 13.0 Å². The number of aromatic hydroxyl groups is 1. The van der Waals surface area contributed by atoms with Gasteiger partial charge in [-0.2, -0.15) is 5.10 Å². The molecule has 10 rings (SSSR count). The molecule has 1 aliphatic carbocycles. The molecule has 1 saturated carbocycles. The number of hydrogen-bond donors (Lipinski definition) is 1. The number of halogens is 1. The number of aromatic nitrogens is 4. The summed E-state index contributed by atoms with van der Waals surface area (Å²) in [5, 5.41) is 18.7. The Kier molecular flexibility index (Phi) is 9.63. The lowest BCUT2D eigenvalue weighted by Crippen LogP contribution is -2.50. The van der Waals surface area contributed by atoms with Crippen LogP contribution in [0.15, 0.2) is 114 Å². The van der Waals surface area contributed by atoms with E-state index in [1.807, 2.05) is 97.2 Å². The number of anilines is 1. The van der Waals surface area contributed by atoms with Crippen LogP contribution in [-0.4, -0.2) is 80.8 Å². The van der Waals surface area contributed by atoms with Gasteiger partial charge in [-0.05, 0) is 86.8 Å². The number of phenols is 1. The predicted molar refractivity (Wildman–Crippen MR) is 241 cm³/mol. The van der Waals surface area contributed by atoms with Crippen molar-refractivity contribution in [3.8, 4) is 16.9 Å². The maximum Gasteiger partial charge on any atom is 0.410 e. The number of likely N-dealkylation sites (tertiary alicyclic amines) is 1. The number of piperazine rings is 1. The van der Waals surface area contributed by atoms with E-state index in [0.29, 0.717) is 58.3 Å². The summed E-state index contributed by atoms with van der Waals surface area (Å²) in [5.41, 5.74) is 3.63. The maximum absolute atomic E-state index is 16.6. The summed E-state index contributed by atoms with van der Waals surface area (Å²) in [4.78, 5) is 26.4. The molecule has 2 atom stereocenters. The molecule has 1 N–H and O–H groups in total. The first-order valence-corrected chi connectivity index (χ1v) is 23.3. The van der Waals surface area contributed by atoms with Crippen LogP contribution < -0.4 is 4.90 Å². The van der Waals surface area contributed by atoms with E-state index >= 15 is 4.39 Å². The van der Waals surface area contributed by atoms with Gasteiger partial charge in [0.25, 0.3) is 0 Å². The van der Waals surface area contributed by atoms with Crippen LogP contribution in [-0.2, 0) is 20.1 Å². The number of ether oxygens (including phenoxy) is 1. The predicted octanol–water partition coefficient (Wildman–Crippen LogP) is 9.51. The van der Waals surface area contributed by atoms with Crippen LogP contribution in [0.25, 0.3) is 32.9 Å². The van der Waals surface area contributed by atoms with E-state index in [0.717, 1.165) is 35.1 Å². The van der Waals surface area contributed by atoms with Crippen LogP contribution in [0.5, 0.6) is 5.75 Å². The molecule has 11 nitrogen and oxygen atoms in total. The summed E-state index contributed by atoms with van der Waals surface area (Å²) >= 11 is 0. The summed E-state index contributed by atoms with van der Waals surface area (Å²) in [6.45, 7) is 9.52. The third kappa shape index (κ3) is 6.70. The largest absolute Gasteiger partial charge is 0.505 e. The fourth-order valence-electron chi connectivity index (χ4n) is 9.84. The normalized spacial score (nSPS) is 17.9. The summed E-state index contributed by atoms with van der Waals surface area (Å²) in [6.07, 6.45) is 3.92. The Hall–Kier alpha value is -6.34. The molecule has 322 valence electrons. The number of benzene rings is 5. The second-order valence-electron chi connectivity index (χ2n) is 18.1. The molecule has 1 amide bonds. The number of carbonyl (C=O) groups is 1. The molecular formula is C50H49FN6O5S. The van der Waals surface area contributed by atoms with Gasteiger partial charge in [0.2, 0.25) is 15.0 Å². The lowest BCUT2D eigenvalue weighted by Gasteiger charge is -2.36. The zero-order valence-electron chi connectivity index (χ0n) is 35.9. The van der Waals surface area contributed by atoms with Crippen LogP contribution in [0.3, 0.4) is 0 Å². The average Bonchev–Trinajstić information content (AvgIpc) is 3.71. The molecule has 0 spiro atoms. The fraction of sp³-hybridized carbons (Fsp3) is 0.320. The standard InChI is InChI=1S/C50H49FN6O5S/c1-6-63(60,61)47-52-44-38(46(53-47)55-27-36-24-35(55)28-56(36)48(59)62-49(3,4)5)25-37(31-22-23-31)43(45(44)58)42-30(2)40(51)26-41-39(42)29-57(54-41)50(32-16-10-7-11-17-32,33-18-12-8-13-19-33)34-20-14-9-15-21-34/h7-21,25-26,29,31,35-36,58H,6,22-24,27-28H2,1-5H3/t35-,36-/m0/s1. The summed E-state index contributed by atoms with van der Waals surface area (Å²) in [7, 11) is -3.97. The van der Waals surface area contributed by atoms with Crippen LogP contribution in [0.1, 0.15) is 80.7 Å². The molecule has 0 radical (unpaired) electrons. The van der Waals surface area contributed by atoms with Crippen molar-refractivity contribution in [1.82, 2.24) is 24.6 Å². The minimum Gasteiger partial charge on any atom is -0.505 e. The fourth-order valence-corrected chi connectivity index (χ4v) is 10.5. The van der Waals surface area contributed by atoms with Crippen molar-refractivity contribution in [2.45, 2.75) is 88.2 Å². The van der Waals surface area contributed by atoms with Crippen molar-refractivity contribution in [3.63, 3.8) is 0 Å². The first-order valence-electron chi connectivity index (χ1n) is 21.6. The molecule has 13 heteroatoms. The molecule has 3 aliphatic rings. The van der Waals surface area contributed by atoms with Crippen LogP contribution in [0, 0.1) is 12.7 Å². The van der Waals surface area contributed by atoms with E-state index in [4.69, 9.17) is 14.8 Å². The maximum atomic E-state index is 16.6. The number of nitrogens with zero attached hydrogens (tertiary/aromatic N) is 6. The number of hydrogen-bond acceptors (Lipinski definition) is 9. The third-order valence-corrected chi connectivity index (χ3v) is 14.4. The summed E-state index contributed by atoms with van der Waals surface area (Å²) in [6, 6.07) is 33.4. The number of rotatable bonds is 9. The Morgan fingerprint density at radius 1 is 0.841 bits per heavy atom. The van der Waals surface area contributed by atoms with Gasteiger partial charge in [-0.3, -0.25) is 4.68 Å². The van der Waals surface area contributed by atoms with E-state index in [1.54, 1.807) is 11.8 Å². The third-order valence-electron chi connectivity index (χ3n) is 12.9. The van der Waals surface area contributed by atoms with Crippen molar-refractivity contribution in [2.24, 2.45) is 0 Å². The molecule has 2 bridgehead atoms. The molecule has 4 heterocycles. The topological polar surface area (TPSA) is 131 Å². The van der Waals surface area contributed by atoms with Crippen molar-refractivity contribution in [2.75, 3.05) is 23.7 Å². The van der Waals surface area contributed by atoms with E-state index in [2.05, 4.69) is 41.4 Å². The van der Waals surface area contributed by atoms with Gasteiger partial charge in [-0.15, -0.1) is 0 Å². The molecule has 2 aromatic heterocycles. The van der Waals surface area contributed by atoms with Crippen molar-refractivity contribution < 1.29 is 27.4 Å². The van der Waals surface area contributed by atoms with E-state index in [-0.39, 0.29) is 41.1 Å². The lowest BCUT2D eigenvalue weighted by atomic mass is 9.77. The van der Waals surface area contributed by atoms with Gasteiger partial charge in [0.05, 0.1) is 23.4 Å². The smallest absolute Gasteiger partial charge is 0.410 e. The summed E-state index contributed by atoms with van der Waals surface area (Å²) < 4.78 is 51.5. The van der Waals surface area contributed by atoms with Crippen LogP contribution in [0.4, 0.5) is 15.0 Å². The number of fused-ring (bicyclic) bond motifs is 4. The highest BCUT2D eigenvalue weighted by molar-refractivity contribution is 7.91. The first-order chi connectivity index (χ1) is 30.2. The van der Waals surface area contributed by atoms with Gasteiger partial charge in [0, 0.05) is 47.3 Å². The van der Waals surface area contributed by atoms with E-state index in [9.17, 15) is 18.3 Å². The zero-order valence-corrected chi connectivity index (χ0v) is 36.7. The second kappa shape index (κ2) is 14.9. The van der Waals surface area contributed by atoms with Crippen molar-refractivity contribution in [1.29, 1.82) is 0 Å². The van der Waals surface area contributed by atoms with Gasteiger partial charge < -0.3 is 19.6 Å². The van der Waals surface area contributed by atoms with Crippen LogP contribution in [0.2, 0.25) is 0 Å². The zero-order chi connectivity index (χ0) is 44.0. The summed E-state index contributed by atoms with van der Waals surface area (Å²) in [5.74, 6) is -0.550. The van der Waals surface area contributed by atoms with Gasteiger partial charge >= 0.3 is 6.09 Å². The number of amides is 1. The van der Waals surface area contributed by atoms with Crippen LogP contribution >= 0.6 is 0 Å². The lowest BCUT2D eigenvalue weighted by molar-refractivity contribution is 0.0214. The molecule has 2 saturated heterocycles. The molecule has 3 fully saturated rings. The molecule has 2 aliphatic heterocycles. The number of carbonyl (C=O) groups excluding carboxylic acids is 1. The first kappa shape index (κ1) is 40.7. The SMILES string of the molecule is CCS(=O)(=O)c1nc(N2C[C@@H]3C[C@H]2CN3C(=O)OC(C)(C)C)c2cc(C3CC3)c(-c3c(C)c(F)cc4nn(C(c5ccccc5)(c5ccccc5)c5ccccc5)cc34)c(O)c2n1. The van der Waals surface area contributed by atoms with Crippen molar-refractivity contribution >= 4 is 43.6 Å². The Labute approximate surface area is 366 Å². The van der Waals surface area contributed by atoms with Gasteiger partial charge in [0.1, 0.15) is 34.0 Å². The Balaban J connectivity index is 1.21. The highest BCUT2D eigenvalue weighted by Crippen LogP contribution is 2.53. The van der Waals surface area contributed by atoms with E-state index < -0.39 is 32.0 Å². The van der Waals surface area contributed by atoms with Crippen molar-refractivity contribution in [3.05, 3.63) is 143 Å². The Morgan fingerprint density at radius 2 is 1.44 bits per heavy atom. The average molecular weight is 865 g/mol. The Morgan fingerprint density at radius 3 is 1.97 bits per heavy atom. The Bertz CT molecular complexity index is 2950. The molecule has 0 unspecified atom stereocenters. The van der Waals surface area contributed by atoms with Gasteiger partial charge in [0.15, 0.2) is 0 Å². The highest BCUT2D eigenvalue weighted by Gasteiger charge is 2.48. The number of sulfone groups is 1. The molecular weight excluding hydrogens is 816 g/mol. The highest BCUT2D eigenvalue weighted by atomic mass is 32.2. The monoisotopic (exact) mass is 864 g/mol. The molecule has 7 aromatic rings. The quantitative estimate of drug-likeness (QED) is 0.111. The molecule has 5 aromatic carbocycles. The minimum atomic E-state index is -3.97. The van der Waals surface area contributed by atoms with Gasteiger partial charge in [-0.25, -0.2) is 27.6 Å². The van der Waals surface area contributed by atoms with Gasteiger partial charge in [-0.1, -0.05) is 97.9 Å².